The van der Waals surface area contributed by atoms with Crippen LogP contribution < -0.4 is 5.32 Å². The summed E-state index contributed by atoms with van der Waals surface area (Å²) in [6.07, 6.45) is 9.84. The minimum atomic E-state index is 0.554. The van der Waals surface area contributed by atoms with E-state index in [1.54, 1.807) is 7.11 Å². The van der Waals surface area contributed by atoms with Gasteiger partial charge in [-0.1, -0.05) is 32.6 Å². The van der Waals surface area contributed by atoms with Gasteiger partial charge in [0.15, 0.2) is 0 Å². The van der Waals surface area contributed by atoms with Gasteiger partial charge in [-0.05, 0) is 31.7 Å². The van der Waals surface area contributed by atoms with Crippen LogP contribution in [-0.4, -0.2) is 26.3 Å². The molecule has 0 aliphatic heterocycles. The van der Waals surface area contributed by atoms with Gasteiger partial charge >= 0.3 is 0 Å². The third-order valence-corrected chi connectivity index (χ3v) is 3.56. The summed E-state index contributed by atoms with van der Waals surface area (Å²) < 4.78 is 5.16. The molecule has 1 saturated carbocycles. The zero-order valence-corrected chi connectivity index (χ0v) is 10.4. The molecule has 1 aliphatic rings. The van der Waals surface area contributed by atoms with Crippen LogP contribution in [0.3, 0.4) is 0 Å². The number of nitrogens with one attached hydrogen (secondary N) is 1. The minimum Gasteiger partial charge on any atom is -0.383 e. The van der Waals surface area contributed by atoms with Gasteiger partial charge in [-0.3, -0.25) is 0 Å². The maximum Gasteiger partial charge on any atom is 0.0615 e. The third kappa shape index (κ3) is 5.53. The fourth-order valence-corrected chi connectivity index (χ4v) is 2.52. The Hall–Kier alpha value is -0.0800. The predicted molar refractivity (Wildman–Crippen MR) is 65.1 cm³/mol. The second-order valence-electron chi connectivity index (χ2n) is 4.81. The molecule has 0 amide bonds. The van der Waals surface area contributed by atoms with Gasteiger partial charge in [-0.15, -0.1) is 0 Å². The maximum atomic E-state index is 5.16. The summed E-state index contributed by atoms with van der Waals surface area (Å²) in [5.74, 6) is 1.04. The van der Waals surface area contributed by atoms with E-state index >= 15 is 0 Å². The lowest BCUT2D eigenvalue weighted by Gasteiger charge is -2.16. The minimum absolute atomic E-state index is 0.554. The van der Waals surface area contributed by atoms with Crippen molar-refractivity contribution in [1.29, 1.82) is 0 Å². The van der Waals surface area contributed by atoms with Gasteiger partial charge in [0.2, 0.25) is 0 Å². The van der Waals surface area contributed by atoms with Crippen molar-refractivity contribution in [3.8, 4) is 0 Å². The van der Waals surface area contributed by atoms with Gasteiger partial charge in [0, 0.05) is 13.2 Å². The molecule has 15 heavy (non-hydrogen) atoms. The Morgan fingerprint density at radius 2 is 2.07 bits per heavy atom. The van der Waals surface area contributed by atoms with E-state index in [2.05, 4.69) is 12.2 Å². The van der Waals surface area contributed by atoms with Gasteiger partial charge in [-0.25, -0.2) is 0 Å². The lowest BCUT2D eigenvalue weighted by atomic mass is 10.0. The Balaban J connectivity index is 1.94. The summed E-state index contributed by atoms with van der Waals surface area (Å²) in [6.45, 7) is 4.23. The molecule has 0 spiro atoms. The Labute approximate surface area is 94.8 Å². The molecule has 0 aromatic heterocycles. The van der Waals surface area contributed by atoms with E-state index in [0.29, 0.717) is 6.04 Å². The summed E-state index contributed by atoms with van der Waals surface area (Å²) in [5.41, 5.74) is 0. The molecule has 1 atom stereocenters. The lowest BCUT2D eigenvalue weighted by Crippen LogP contribution is -2.33. The first kappa shape index (κ1) is 13.0. The van der Waals surface area contributed by atoms with Crippen molar-refractivity contribution >= 4 is 0 Å². The van der Waals surface area contributed by atoms with Crippen LogP contribution in [0.25, 0.3) is 0 Å². The van der Waals surface area contributed by atoms with Gasteiger partial charge in [0.25, 0.3) is 0 Å². The van der Waals surface area contributed by atoms with Crippen molar-refractivity contribution in [2.75, 3.05) is 20.3 Å². The highest BCUT2D eigenvalue weighted by Crippen LogP contribution is 2.28. The number of rotatable bonds is 8. The summed E-state index contributed by atoms with van der Waals surface area (Å²) in [5, 5.41) is 3.57. The Morgan fingerprint density at radius 3 is 2.67 bits per heavy atom. The Kier molecular flexibility index (Phi) is 7.03. The monoisotopic (exact) mass is 213 g/mol. The second-order valence-corrected chi connectivity index (χ2v) is 4.81. The molecular weight excluding hydrogens is 186 g/mol. The lowest BCUT2D eigenvalue weighted by molar-refractivity contribution is 0.164. The fraction of sp³-hybridized carbons (Fsp3) is 1.00. The predicted octanol–water partition coefficient (Wildman–Crippen LogP) is 2.97. The SMILES string of the molecule is CCC(COC)NCCCC1CCCC1. The molecule has 1 fully saturated rings. The topological polar surface area (TPSA) is 21.3 Å². The molecule has 0 aromatic carbocycles. The summed E-state index contributed by atoms with van der Waals surface area (Å²) in [4.78, 5) is 0. The van der Waals surface area contributed by atoms with Crippen molar-refractivity contribution in [3.05, 3.63) is 0 Å². The summed E-state index contributed by atoms with van der Waals surface area (Å²) in [7, 11) is 1.78. The molecular formula is C13H27NO. The highest BCUT2D eigenvalue weighted by Gasteiger charge is 2.14. The molecule has 1 rings (SSSR count). The maximum absolute atomic E-state index is 5.16. The Morgan fingerprint density at radius 1 is 1.33 bits per heavy atom. The molecule has 1 aliphatic carbocycles. The van der Waals surface area contributed by atoms with E-state index in [4.69, 9.17) is 4.74 Å². The van der Waals surface area contributed by atoms with Crippen molar-refractivity contribution in [2.24, 2.45) is 5.92 Å². The van der Waals surface area contributed by atoms with Crippen LogP contribution in [0.2, 0.25) is 0 Å². The standard InChI is InChI=1S/C13H27NO/c1-3-13(11-15-2)14-10-6-9-12-7-4-5-8-12/h12-14H,3-11H2,1-2H3. The molecule has 2 nitrogen and oxygen atoms in total. The third-order valence-electron chi connectivity index (χ3n) is 3.56. The number of hydrogen-bond acceptors (Lipinski definition) is 2. The van der Waals surface area contributed by atoms with E-state index in [9.17, 15) is 0 Å². The van der Waals surface area contributed by atoms with Gasteiger partial charge in [-0.2, -0.15) is 0 Å². The van der Waals surface area contributed by atoms with Gasteiger partial charge in [0.1, 0.15) is 0 Å². The van der Waals surface area contributed by atoms with Crippen LogP contribution >= 0.6 is 0 Å². The zero-order valence-electron chi connectivity index (χ0n) is 10.4. The number of hydrogen-bond donors (Lipinski definition) is 1. The van der Waals surface area contributed by atoms with E-state index in [-0.39, 0.29) is 0 Å². The van der Waals surface area contributed by atoms with Crippen LogP contribution in [0.4, 0.5) is 0 Å². The first-order valence-corrected chi connectivity index (χ1v) is 6.59. The van der Waals surface area contributed by atoms with E-state index in [1.807, 2.05) is 0 Å². The van der Waals surface area contributed by atoms with Crippen LogP contribution in [-0.2, 0) is 4.74 Å². The molecule has 90 valence electrons. The van der Waals surface area contributed by atoms with E-state index < -0.39 is 0 Å². The van der Waals surface area contributed by atoms with Crippen molar-refractivity contribution in [1.82, 2.24) is 5.32 Å². The van der Waals surface area contributed by atoms with E-state index in [0.717, 1.165) is 18.9 Å². The second kappa shape index (κ2) is 8.12. The molecule has 0 heterocycles. The molecule has 0 bridgehead atoms. The van der Waals surface area contributed by atoms with Crippen LogP contribution in [0.1, 0.15) is 51.9 Å². The highest BCUT2D eigenvalue weighted by molar-refractivity contribution is 4.69. The number of methoxy groups -OCH3 is 1. The van der Waals surface area contributed by atoms with Gasteiger partial charge < -0.3 is 10.1 Å². The smallest absolute Gasteiger partial charge is 0.0615 e. The first-order valence-electron chi connectivity index (χ1n) is 6.59. The van der Waals surface area contributed by atoms with Crippen molar-refractivity contribution < 1.29 is 4.74 Å². The molecule has 1 unspecified atom stereocenters. The first-order chi connectivity index (χ1) is 7.36. The highest BCUT2D eigenvalue weighted by atomic mass is 16.5. The quantitative estimate of drug-likeness (QED) is 0.626. The van der Waals surface area contributed by atoms with E-state index in [1.165, 1.54) is 45.1 Å². The summed E-state index contributed by atoms with van der Waals surface area (Å²) >= 11 is 0. The molecule has 0 saturated heterocycles. The van der Waals surface area contributed by atoms with Gasteiger partial charge in [0.05, 0.1) is 6.61 Å². The average Bonchev–Trinajstić information content (AvgIpc) is 2.75. The zero-order chi connectivity index (χ0) is 10.9. The van der Waals surface area contributed by atoms with Crippen molar-refractivity contribution in [3.63, 3.8) is 0 Å². The summed E-state index contributed by atoms with van der Waals surface area (Å²) in [6, 6.07) is 0.554. The van der Waals surface area contributed by atoms with Crippen molar-refractivity contribution in [2.45, 2.75) is 57.9 Å². The fourth-order valence-electron chi connectivity index (χ4n) is 2.52. The molecule has 0 aromatic rings. The molecule has 0 radical (unpaired) electrons. The molecule has 2 heteroatoms. The van der Waals surface area contributed by atoms with Crippen LogP contribution in [0.5, 0.6) is 0 Å². The van der Waals surface area contributed by atoms with Crippen LogP contribution in [0, 0.1) is 5.92 Å². The Bertz CT molecular complexity index is 143. The average molecular weight is 213 g/mol. The number of ether oxygens (including phenoxy) is 1. The van der Waals surface area contributed by atoms with Crippen LogP contribution in [0.15, 0.2) is 0 Å². The molecule has 1 N–H and O–H groups in total. The largest absolute Gasteiger partial charge is 0.383 e. The normalized spacial score (nSPS) is 19.6.